The normalized spacial score (nSPS) is 18.8. The van der Waals surface area contributed by atoms with Crippen molar-refractivity contribution in [1.29, 1.82) is 0 Å². The van der Waals surface area contributed by atoms with Gasteiger partial charge in [-0.1, -0.05) is 30.3 Å². The highest BCUT2D eigenvalue weighted by Gasteiger charge is 2.20. The Morgan fingerprint density at radius 1 is 1.19 bits per heavy atom. The Morgan fingerprint density at radius 2 is 2.00 bits per heavy atom. The summed E-state index contributed by atoms with van der Waals surface area (Å²) >= 11 is 0. The van der Waals surface area contributed by atoms with Crippen molar-refractivity contribution in [2.24, 2.45) is 0 Å². The molecule has 0 bridgehead atoms. The number of halogens is 1. The fraction of sp³-hybridized carbons (Fsp3) is 0.333. The van der Waals surface area contributed by atoms with E-state index < -0.39 is 0 Å². The highest BCUT2D eigenvalue weighted by atomic mass is 19.1. The van der Waals surface area contributed by atoms with E-state index in [0.29, 0.717) is 6.04 Å². The first-order chi connectivity index (χ1) is 10.2. The number of benzene rings is 2. The minimum absolute atomic E-state index is 0.150. The standard InChI is InChI=1S/C18H21FN2/c1-14-9-16(19)12-18(10-14)21-8-7-20-17(13-21)11-15-5-3-2-4-6-15/h2-6,9-10,12,17,20H,7-8,11,13H2,1H3. The maximum Gasteiger partial charge on any atom is 0.125 e. The summed E-state index contributed by atoms with van der Waals surface area (Å²) in [5.41, 5.74) is 3.31. The molecule has 1 aliphatic heterocycles. The van der Waals surface area contributed by atoms with Crippen LogP contribution in [-0.2, 0) is 6.42 Å². The Labute approximate surface area is 125 Å². The fourth-order valence-electron chi connectivity index (χ4n) is 2.99. The second kappa shape index (κ2) is 6.27. The van der Waals surface area contributed by atoms with Crippen LogP contribution in [-0.4, -0.2) is 25.7 Å². The molecule has 0 spiro atoms. The van der Waals surface area contributed by atoms with Gasteiger partial charge < -0.3 is 10.2 Å². The summed E-state index contributed by atoms with van der Waals surface area (Å²) in [6, 6.07) is 16.2. The zero-order valence-electron chi connectivity index (χ0n) is 12.3. The van der Waals surface area contributed by atoms with Gasteiger partial charge in [-0.25, -0.2) is 4.39 Å². The second-order valence-electron chi connectivity index (χ2n) is 5.77. The zero-order valence-corrected chi connectivity index (χ0v) is 12.3. The Morgan fingerprint density at radius 3 is 2.76 bits per heavy atom. The van der Waals surface area contributed by atoms with Gasteiger partial charge in [0, 0.05) is 31.4 Å². The van der Waals surface area contributed by atoms with E-state index in [2.05, 4.69) is 40.5 Å². The molecule has 2 aromatic rings. The van der Waals surface area contributed by atoms with Crippen molar-refractivity contribution in [2.75, 3.05) is 24.5 Å². The van der Waals surface area contributed by atoms with Crippen LogP contribution in [0.4, 0.5) is 10.1 Å². The minimum Gasteiger partial charge on any atom is -0.369 e. The molecule has 1 heterocycles. The topological polar surface area (TPSA) is 15.3 Å². The third-order valence-corrected chi connectivity index (χ3v) is 3.97. The number of hydrogen-bond acceptors (Lipinski definition) is 2. The Bertz CT molecular complexity index is 577. The molecule has 1 unspecified atom stereocenters. The van der Waals surface area contributed by atoms with Crippen LogP contribution in [0, 0.1) is 12.7 Å². The highest BCUT2D eigenvalue weighted by Crippen LogP contribution is 2.20. The molecular weight excluding hydrogens is 263 g/mol. The SMILES string of the molecule is Cc1cc(F)cc(N2CCNC(Cc3ccccc3)C2)c1. The Hall–Kier alpha value is -1.87. The maximum atomic E-state index is 13.6. The van der Waals surface area contributed by atoms with Gasteiger partial charge >= 0.3 is 0 Å². The van der Waals surface area contributed by atoms with E-state index >= 15 is 0 Å². The lowest BCUT2D eigenvalue weighted by Crippen LogP contribution is -2.51. The lowest BCUT2D eigenvalue weighted by atomic mass is 10.0. The minimum atomic E-state index is -0.150. The summed E-state index contributed by atoms with van der Waals surface area (Å²) in [4.78, 5) is 2.28. The smallest absolute Gasteiger partial charge is 0.125 e. The van der Waals surface area contributed by atoms with Crippen molar-refractivity contribution < 1.29 is 4.39 Å². The number of nitrogens with zero attached hydrogens (tertiary/aromatic N) is 1. The summed E-state index contributed by atoms with van der Waals surface area (Å²) < 4.78 is 13.6. The second-order valence-corrected chi connectivity index (χ2v) is 5.77. The molecule has 1 fully saturated rings. The number of anilines is 1. The van der Waals surface area contributed by atoms with E-state index in [0.717, 1.165) is 37.3 Å². The molecule has 110 valence electrons. The first kappa shape index (κ1) is 14.1. The van der Waals surface area contributed by atoms with Gasteiger partial charge in [-0.2, -0.15) is 0 Å². The molecule has 1 aliphatic rings. The van der Waals surface area contributed by atoms with Gasteiger partial charge in [-0.3, -0.25) is 0 Å². The van der Waals surface area contributed by atoms with Crippen molar-refractivity contribution in [1.82, 2.24) is 5.32 Å². The van der Waals surface area contributed by atoms with Crippen LogP contribution in [0.25, 0.3) is 0 Å². The molecule has 2 aromatic carbocycles. The monoisotopic (exact) mass is 284 g/mol. The van der Waals surface area contributed by atoms with E-state index in [1.54, 1.807) is 12.1 Å². The van der Waals surface area contributed by atoms with Crippen LogP contribution in [0.2, 0.25) is 0 Å². The molecule has 3 rings (SSSR count). The third kappa shape index (κ3) is 3.61. The molecular formula is C18H21FN2. The van der Waals surface area contributed by atoms with Crippen molar-refractivity contribution >= 4 is 5.69 Å². The van der Waals surface area contributed by atoms with Crippen LogP contribution < -0.4 is 10.2 Å². The Kier molecular flexibility index (Phi) is 4.20. The Balaban J connectivity index is 1.70. The van der Waals surface area contributed by atoms with Gasteiger partial charge in [0.2, 0.25) is 0 Å². The highest BCUT2D eigenvalue weighted by molar-refractivity contribution is 5.49. The summed E-state index contributed by atoms with van der Waals surface area (Å²) in [7, 11) is 0. The average Bonchev–Trinajstić information content (AvgIpc) is 2.47. The van der Waals surface area contributed by atoms with Crippen molar-refractivity contribution in [3.8, 4) is 0 Å². The molecule has 0 saturated carbocycles. The maximum absolute atomic E-state index is 13.6. The van der Waals surface area contributed by atoms with Gasteiger partial charge in [0.05, 0.1) is 0 Å². The van der Waals surface area contributed by atoms with E-state index in [-0.39, 0.29) is 5.82 Å². The molecule has 0 radical (unpaired) electrons. The molecule has 2 nitrogen and oxygen atoms in total. The number of rotatable bonds is 3. The molecule has 1 atom stereocenters. The van der Waals surface area contributed by atoms with Gasteiger partial charge in [0.15, 0.2) is 0 Å². The van der Waals surface area contributed by atoms with E-state index in [1.807, 2.05) is 13.0 Å². The number of hydrogen-bond donors (Lipinski definition) is 1. The van der Waals surface area contributed by atoms with Crippen LogP contribution in [0.1, 0.15) is 11.1 Å². The predicted octanol–water partition coefficient (Wildman–Crippen LogP) is 3.16. The molecule has 1 saturated heterocycles. The number of piperazine rings is 1. The molecule has 0 aliphatic carbocycles. The lowest BCUT2D eigenvalue weighted by Gasteiger charge is -2.35. The largest absolute Gasteiger partial charge is 0.369 e. The molecule has 0 amide bonds. The van der Waals surface area contributed by atoms with Gasteiger partial charge in [-0.05, 0) is 42.7 Å². The van der Waals surface area contributed by atoms with E-state index in [4.69, 9.17) is 0 Å². The predicted molar refractivity (Wildman–Crippen MR) is 85.3 cm³/mol. The van der Waals surface area contributed by atoms with Crippen LogP contribution in [0.15, 0.2) is 48.5 Å². The molecule has 21 heavy (non-hydrogen) atoms. The number of nitrogens with one attached hydrogen (secondary N) is 1. The van der Waals surface area contributed by atoms with Crippen molar-refractivity contribution in [3.63, 3.8) is 0 Å². The summed E-state index contributed by atoms with van der Waals surface area (Å²) in [5, 5.41) is 3.56. The van der Waals surface area contributed by atoms with Crippen LogP contribution in [0.5, 0.6) is 0 Å². The third-order valence-electron chi connectivity index (χ3n) is 3.97. The quantitative estimate of drug-likeness (QED) is 0.931. The van der Waals surface area contributed by atoms with E-state index in [1.165, 1.54) is 5.56 Å². The van der Waals surface area contributed by atoms with Crippen LogP contribution in [0.3, 0.4) is 0 Å². The fourth-order valence-corrected chi connectivity index (χ4v) is 2.99. The summed E-state index contributed by atoms with van der Waals surface area (Å²) in [6.45, 7) is 4.72. The summed E-state index contributed by atoms with van der Waals surface area (Å²) in [5.74, 6) is -0.150. The van der Waals surface area contributed by atoms with Crippen LogP contribution >= 0.6 is 0 Å². The summed E-state index contributed by atoms with van der Waals surface area (Å²) in [6.07, 6.45) is 1.01. The van der Waals surface area contributed by atoms with Crippen molar-refractivity contribution in [3.05, 3.63) is 65.5 Å². The lowest BCUT2D eigenvalue weighted by molar-refractivity contribution is 0.454. The first-order valence-electron chi connectivity index (χ1n) is 7.50. The first-order valence-corrected chi connectivity index (χ1v) is 7.50. The average molecular weight is 284 g/mol. The van der Waals surface area contributed by atoms with Gasteiger partial charge in [0.1, 0.15) is 5.82 Å². The van der Waals surface area contributed by atoms with Crippen molar-refractivity contribution in [2.45, 2.75) is 19.4 Å². The number of aryl methyl sites for hydroxylation is 1. The van der Waals surface area contributed by atoms with Gasteiger partial charge in [-0.15, -0.1) is 0 Å². The molecule has 0 aromatic heterocycles. The zero-order chi connectivity index (χ0) is 14.7. The van der Waals surface area contributed by atoms with Gasteiger partial charge in [0.25, 0.3) is 0 Å². The molecule has 1 N–H and O–H groups in total. The molecule has 3 heteroatoms. The van der Waals surface area contributed by atoms with E-state index in [9.17, 15) is 4.39 Å².